The van der Waals surface area contributed by atoms with Crippen molar-refractivity contribution in [2.45, 2.75) is 110 Å². The summed E-state index contributed by atoms with van der Waals surface area (Å²) in [5.74, 6) is 5.32. The number of nitrogens with zero attached hydrogens (tertiary/aromatic N) is 3. The second-order valence-electron chi connectivity index (χ2n) is 14.6. The first-order valence-electron chi connectivity index (χ1n) is 14.5. The highest BCUT2D eigenvalue weighted by Gasteiger charge is 2.47. The molecule has 0 saturated carbocycles. The lowest BCUT2D eigenvalue weighted by Crippen LogP contribution is -2.49. The predicted molar refractivity (Wildman–Crippen MR) is 162 cm³/mol. The van der Waals surface area contributed by atoms with Crippen LogP contribution in [0.4, 0.5) is 4.79 Å². The highest BCUT2D eigenvalue weighted by Crippen LogP contribution is 2.40. The number of hydrogen-bond acceptors (Lipinski definition) is 8. The number of nitrogens with two attached hydrogens (primary N) is 1. The Bertz CT molecular complexity index is 1270. The molecule has 1 aliphatic heterocycles. The predicted octanol–water partition coefficient (Wildman–Crippen LogP) is 4.63. The lowest BCUT2D eigenvalue weighted by Gasteiger charge is -2.39. The van der Waals surface area contributed by atoms with Crippen molar-refractivity contribution in [3.63, 3.8) is 0 Å². The maximum Gasteiger partial charge on any atom is 0.410 e. The molecule has 0 aliphatic carbocycles. The van der Waals surface area contributed by atoms with Crippen molar-refractivity contribution >= 4 is 31.3 Å². The summed E-state index contributed by atoms with van der Waals surface area (Å²) in [6.45, 7) is 22.8. The van der Waals surface area contributed by atoms with Gasteiger partial charge in [-0.25, -0.2) is 15.5 Å². The van der Waals surface area contributed by atoms with E-state index in [2.05, 4.69) is 43.2 Å². The normalized spacial score (nSPS) is 19.2. The number of aryl methyl sites for hydroxylation is 1. The van der Waals surface area contributed by atoms with Crippen molar-refractivity contribution < 1.29 is 37.7 Å². The number of aromatic nitrogens is 2. The molecular formula is C30H51N4O7Si+. The van der Waals surface area contributed by atoms with Crippen LogP contribution in [0.25, 0.3) is 10.9 Å². The van der Waals surface area contributed by atoms with E-state index in [0.717, 1.165) is 10.9 Å². The first kappa shape index (κ1) is 33.8. The number of carbonyl (C=O) groups excluding carboxylic acids is 2. The van der Waals surface area contributed by atoms with Gasteiger partial charge in [0.05, 0.1) is 30.8 Å². The smallest absolute Gasteiger partial charge is 0.410 e. The Balaban J connectivity index is 1.88. The Hall–Kier alpha value is -2.67. The van der Waals surface area contributed by atoms with E-state index in [4.69, 9.17) is 29.4 Å². The monoisotopic (exact) mass is 607 g/mol. The molecule has 1 amide bonds. The van der Waals surface area contributed by atoms with E-state index in [1.807, 2.05) is 52.2 Å². The molecule has 1 fully saturated rings. The standard InChI is InChI=1S/C30H51N4O7Si/c1-28(2,3)38-26(35)25(40-31)19-37-21-13-14-22-20(15-21)16-34(32(22)10)23-17-33(27(36)39-29(4,5)6)18-24(23)41-42(11,12)30(7,8)9/h13-16,23-25H,17-19,31H2,1-12H3/q+1/t23-,24+,25?/m1/s1. The molecule has 11 nitrogen and oxygen atoms in total. The van der Waals surface area contributed by atoms with Crippen molar-refractivity contribution in [2.75, 3.05) is 19.7 Å². The molecule has 3 rings (SSSR count). The molecule has 0 spiro atoms. The summed E-state index contributed by atoms with van der Waals surface area (Å²) >= 11 is 0. The van der Waals surface area contributed by atoms with E-state index in [9.17, 15) is 9.59 Å². The zero-order valence-corrected chi connectivity index (χ0v) is 28.4. The number of fused-ring (bicyclic) bond motifs is 1. The molecule has 42 heavy (non-hydrogen) atoms. The molecule has 2 aromatic rings. The van der Waals surface area contributed by atoms with E-state index in [1.165, 1.54) is 0 Å². The maximum atomic E-state index is 13.1. The van der Waals surface area contributed by atoms with E-state index in [0.29, 0.717) is 18.8 Å². The number of benzene rings is 1. The van der Waals surface area contributed by atoms with Crippen molar-refractivity contribution in [3.8, 4) is 5.75 Å². The topological polar surface area (TPSA) is 118 Å². The van der Waals surface area contributed by atoms with Gasteiger partial charge in [0, 0.05) is 6.07 Å². The van der Waals surface area contributed by atoms with Gasteiger partial charge in [-0.2, -0.15) is 4.68 Å². The van der Waals surface area contributed by atoms with Crippen LogP contribution in [-0.4, -0.2) is 73.1 Å². The molecule has 12 heteroatoms. The Kier molecular flexibility index (Phi) is 9.78. The van der Waals surface area contributed by atoms with Gasteiger partial charge in [0.1, 0.15) is 29.6 Å². The van der Waals surface area contributed by atoms with Gasteiger partial charge in [-0.15, -0.1) is 4.68 Å². The number of hydrogen-bond donors (Lipinski definition) is 1. The molecule has 1 unspecified atom stereocenters. The minimum absolute atomic E-state index is 0.0110. The number of ether oxygens (including phenoxy) is 3. The van der Waals surface area contributed by atoms with Crippen LogP contribution in [0.1, 0.15) is 68.4 Å². The van der Waals surface area contributed by atoms with Crippen LogP contribution in [0.2, 0.25) is 18.1 Å². The third-order valence-electron chi connectivity index (χ3n) is 7.68. The average Bonchev–Trinajstić information content (AvgIpc) is 3.36. The highest BCUT2D eigenvalue weighted by atomic mass is 28.4. The summed E-state index contributed by atoms with van der Waals surface area (Å²) in [7, 11) is -0.163. The SMILES string of the molecule is C[n+]1c2ccc(OCC(ON)C(=O)OC(C)(C)C)cc2cn1[C@@H]1CN(C(=O)OC(C)(C)C)C[C@@H]1O[Si](C)(C)C(C)(C)C. The number of amides is 1. The summed E-state index contributed by atoms with van der Waals surface area (Å²) in [6.07, 6.45) is 0.424. The van der Waals surface area contributed by atoms with Crippen LogP contribution in [0.15, 0.2) is 24.4 Å². The average molecular weight is 608 g/mol. The lowest BCUT2D eigenvalue weighted by atomic mass is 10.2. The van der Waals surface area contributed by atoms with E-state index >= 15 is 0 Å². The minimum Gasteiger partial charge on any atom is -0.490 e. The summed E-state index contributed by atoms with van der Waals surface area (Å²) in [6, 6.07) is 5.56. The third-order valence-corrected chi connectivity index (χ3v) is 12.2. The van der Waals surface area contributed by atoms with Gasteiger partial charge in [0.2, 0.25) is 11.6 Å². The summed E-state index contributed by atoms with van der Waals surface area (Å²) in [5, 5.41) is 0.941. The fourth-order valence-electron chi connectivity index (χ4n) is 4.55. The minimum atomic E-state index is -2.15. The van der Waals surface area contributed by atoms with Crippen LogP contribution in [0, 0.1) is 0 Å². The van der Waals surface area contributed by atoms with Crippen molar-refractivity contribution in [1.29, 1.82) is 0 Å². The number of likely N-dealkylation sites (tertiary alicyclic amines) is 1. The van der Waals surface area contributed by atoms with Gasteiger partial charge >= 0.3 is 12.1 Å². The van der Waals surface area contributed by atoms with E-state index in [-0.39, 0.29) is 29.9 Å². The van der Waals surface area contributed by atoms with Crippen molar-refractivity contribution in [2.24, 2.45) is 12.9 Å². The van der Waals surface area contributed by atoms with Crippen LogP contribution < -0.4 is 15.3 Å². The van der Waals surface area contributed by atoms with Crippen molar-refractivity contribution in [1.82, 2.24) is 9.58 Å². The third kappa shape index (κ3) is 8.24. The van der Waals surface area contributed by atoms with Gasteiger partial charge in [-0.05, 0) is 71.8 Å². The molecule has 1 saturated heterocycles. The first-order valence-corrected chi connectivity index (χ1v) is 17.4. The second-order valence-corrected chi connectivity index (χ2v) is 19.3. The number of rotatable bonds is 8. The molecule has 2 N–H and O–H groups in total. The van der Waals surface area contributed by atoms with E-state index < -0.39 is 31.6 Å². The molecule has 1 aromatic heterocycles. The fraction of sp³-hybridized carbons (Fsp3) is 0.700. The Morgan fingerprint density at radius 3 is 2.19 bits per heavy atom. The number of esters is 1. The van der Waals surface area contributed by atoms with Gasteiger partial charge in [-0.3, -0.25) is 4.84 Å². The molecule has 0 bridgehead atoms. The molecule has 2 heterocycles. The Morgan fingerprint density at radius 2 is 1.64 bits per heavy atom. The first-order chi connectivity index (χ1) is 19.1. The van der Waals surface area contributed by atoms with Gasteiger partial charge < -0.3 is 23.5 Å². The molecule has 1 aromatic carbocycles. The van der Waals surface area contributed by atoms with Gasteiger partial charge in [0.15, 0.2) is 15.4 Å². The molecule has 3 atom stereocenters. The van der Waals surface area contributed by atoms with Crippen LogP contribution in [0.5, 0.6) is 5.75 Å². The fourth-order valence-corrected chi connectivity index (χ4v) is 5.89. The summed E-state index contributed by atoms with van der Waals surface area (Å²) in [5.41, 5.74) is -0.288. The maximum absolute atomic E-state index is 13.1. The van der Waals surface area contributed by atoms with Crippen LogP contribution in [-0.2, 0) is 30.6 Å². The van der Waals surface area contributed by atoms with Crippen LogP contribution >= 0.6 is 0 Å². The van der Waals surface area contributed by atoms with Crippen LogP contribution in [0.3, 0.4) is 0 Å². The second kappa shape index (κ2) is 12.1. The molecule has 236 valence electrons. The Labute approximate surface area is 251 Å². The number of carbonyl (C=O) groups is 2. The zero-order chi connectivity index (χ0) is 31.8. The summed E-state index contributed by atoms with van der Waals surface area (Å²) in [4.78, 5) is 32.1. The molecule has 1 aliphatic rings. The van der Waals surface area contributed by atoms with E-state index in [1.54, 1.807) is 25.7 Å². The zero-order valence-electron chi connectivity index (χ0n) is 27.4. The molecular weight excluding hydrogens is 556 g/mol. The Morgan fingerprint density at radius 1 is 1.02 bits per heavy atom. The largest absolute Gasteiger partial charge is 0.490 e. The van der Waals surface area contributed by atoms with Crippen molar-refractivity contribution in [3.05, 3.63) is 24.4 Å². The summed E-state index contributed by atoms with van der Waals surface area (Å²) < 4.78 is 28.1. The van der Waals surface area contributed by atoms with Gasteiger partial charge in [-0.1, -0.05) is 20.8 Å². The quantitative estimate of drug-likeness (QED) is 0.200. The molecule has 0 radical (unpaired) electrons. The van der Waals surface area contributed by atoms with Gasteiger partial charge in [0.25, 0.3) is 0 Å². The highest BCUT2D eigenvalue weighted by molar-refractivity contribution is 6.74. The lowest BCUT2D eigenvalue weighted by molar-refractivity contribution is -0.733.